The molecule has 0 fully saturated rings. The number of thioether (sulfide) groups is 1. The van der Waals surface area contributed by atoms with Crippen molar-refractivity contribution in [1.82, 2.24) is 20.2 Å². The Morgan fingerprint density at radius 3 is 2.50 bits per heavy atom. The number of hydrogen-bond acceptors (Lipinski definition) is 5. The van der Waals surface area contributed by atoms with Crippen LogP contribution in [-0.4, -0.2) is 26.4 Å². The molecule has 0 aliphatic rings. The minimum atomic E-state index is -3.50. The number of aromatic amines is 1. The predicted molar refractivity (Wildman–Crippen MR) is 113 cm³/mol. The van der Waals surface area contributed by atoms with Crippen LogP contribution in [0.3, 0.4) is 0 Å². The molecular weight excluding hydrogens is 411 g/mol. The number of alkyl halides is 2. The van der Waals surface area contributed by atoms with Crippen LogP contribution in [-0.2, 0) is 11.7 Å². The minimum Gasteiger partial charge on any atom is -0.323 e. The van der Waals surface area contributed by atoms with E-state index in [1.165, 1.54) is 0 Å². The molecule has 2 aromatic heterocycles. The number of halogens is 3. The number of hydrogen-bond donors (Lipinski definition) is 2. The molecule has 0 radical (unpaired) electrons. The third-order valence-corrected chi connectivity index (χ3v) is 5.13. The van der Waals surface area contributed by atoms with Gasteiger partial charge in [-0.3, -0.25) is 5.10 Å². The fraction of sp³-hybridized carbons (Fsp3) is 0.190. The number of anilines is 2. The van der Waals surface area contributed by atoms with E-state index in [0.717, 1.165) is 41.3 Å². The van der Waals surface area contributed by atoms with Crippen LogP contribution in [0.4, 0.5) is 24.8 Å². The number of benzene rings is 2. The van der Waals surface area contributed by atoms with Gasteiger partial charge in [0.2, 0.25) is 5.82 Å². The average Bonchev–Trinajstić information content (AvgIpc) is 3.13. The smallest absolute Gasteiger partial charge is 0.323 e. The van der Waals surface area contributed by atoms with E-state index in [1.807, 2.05) is 25.3 Å². The summed E-state index contributed by atoms with van der Waals surface area (Å²) in [5.41, 5.74) is 1.79. The van der Waals surface area contributed by atoms with E-state index in [4.69, 9.17) is 0 Å². The van der Waals surface area contributed by atoms with Gasteiger partial charge in [-0.2, -0.15) is 25.6 Å². The SMILES string of the molecule is CSCc1ccc2c(Nc3cc(C)[nH]n3)nc(C(F)(F)c3ccc(F)cc3)nc2c1. The van der Waals surface area contributed by atoms with Gasteiger partial charge in [-0.25, -0.2) is 14.4 Å². The van der Waals surface area contributed by atoms with E-state index in [1.54, 1.807) is 23.9 Å². The van der Waals surface area contributed by atoms with Crippen LogP contribution in [0.15, 0.2) is 48.5 Å². The summed E-state index contributed by atoms with van der Waals surface area (Å²) in [6.07, 6.45) is 1.96. The molecule has 0 atom stereocenters. The standard InChI is InChI=1S/C21H18F3N5S/c1-12-9-18(29-28-12)26-19-16-8-3-13(11-30-2)10-17(16)25-20(27-19)21(23,24)14-4-6-15(22)7-5-14/h3-10H,11H2,1-2H3,(H2,25,26,27,28,29). The molecule has 2 heterocycles. The van der Waals surface area contributed by atoms with Gasteiger partial charge in [-0.1, -0.05) is 6.07 Å². The lowest BCUT2D eigenvalue weighted by atomic mass is 10.1. The van der Waals surface area contributed by atoms with Gasteiger partial charge in [0, 0.05) is 28.5 Å². The van der Waals surface area contributed by atoms with E-state index in [0.29, 0.717) is 16.7 Å². The van der Waals surface area contributed by atoms with Crippen molar-refractivity contribution in [3.8, 4) is 0 Å². The Balaban J connectivity index is 1.86. The summed E-state index contributed by atoms with van der Waals surface area (Å²) < 4.78 is 43.6. The van der Waals surface area contributed by atoms with Crippen LogP contribution in [0.5, 0.6) is 0 Å². The molecule has 0 aliphatic carbocycles. The fourth-order valence-electron chi connectivity index (χ4n) is 3.06. The quantitative estimate of drug-likeness (QED) is 0.421. The second-order valence-electron chi connectivity index (χ2n) is 6.82. The first-order valence-corrected chi connectivity index (χ1v) is 10.5. The van der Waals surface area contributed by atoms with E-state index >= 15 is 8.78 Å². The van der Waals surface area contributed by atoms with Gasteiger partial charge < -0.3 is 5.32 Å². The molecule has 0 aliphatic heterocycles. The van der Waals surface area contributed by atoms with Crippen molar-refractivity contribution in [3.63, 3.8) is 0 Å². The monoisotopic (exact) mass is 429 g/mol. The van der Waals surface area contributed by atoms with Crippen molar-refractivity contribution in [2.24, 2.45) is 0 Å². The fourth-order valence-corrected chi connectivity index (χ4v) is 3.57. The highest BCUT2D eigenvalue weighted by atomic mass is 32.2. The molecule has 5 nitrogen and oxygen atoms in total. The van der Waals surface area contributed by atoms with Gasteiger partial charge in [0.1, 0.15) is 11.6 Å². The summed E-state index contributed by atoms with van der Waals surface area (Å²) in [4.78, 5) is 8.29. The van der Waals surface area contributed by atoms with Crippen LogP contribution in [0, 0.1) is 12.7 Å². The van der Waals surface area contributed by atoms with Crippen molar-refractivity contribution in [2.75, 3.05) is 11.6 Å². The van der Waals surface area contributed by atoms with Gasteiger partial charge in [-0.15, -0.1) is 0 Å². The average molecular weight is 429 g/mol. The third-order valence-electron chi connectivity index (χ3n) is 4.51. The first-order chi connectivity index (χ1) is 14.4. The first kappa shape index (κ1) is 20.2. The summed E-state index contributed by atoms with van der Waals surface area (Å²) in [5, 5.41) is 10.5. The second kappa shape index (κ2) is 7.98. The van der Waals surface area contributed by atoms with Gasteiger partial charge in [0.25, 0.3) is 0 Å². The number of aryl methyl sites for hydroxylation is 1. The minimum absolute atomic E-state index is 0.221. The van der Waals surface area contributed by atoms with Crippen LogP contribution < -0.4 is 5.32 Å². The normalized spacial score (nSPS) is 11.8. The molecule has 0 bridgehead atoms. The molecule has 0 spiro atoms. The highest BCUT2D eigenvalue weighted by molar-refractivity contribution is 7.97. The van der Waals surface area contributed by atoms with E-state index in [-0.39, 0.29) is 11.4 Å². The van der Waals surface area contributed by atoms with Gasteiger partial charge in [0.15, 0.2) is 5.82 Å². The maximum Gasteiger partial charge on any atom is 0.331 e. The highest BCUT2D eigenvalue weighted by Crippen LogP contribution is 2.36. The Labute approximate surface area is 175 Å². The van der Waals surface area contributed by atoms with Gasteiger partial charge >= 0.3 is 5.92 Å². The van der Waals surface area contributed by atoms with Crippen molar-refractivity contribution in [3.05, 3.63) is 77.0 Å². The molecule has 0 saturated heterocycles. The molecule has 0 saturated carbocycles. The molecule has 4 rings (SSSR count). The van der Waals surface area contributed by atoms with Crippen molar-refractivity contribution < 1.29 is 13.2 Å². The lowest BCUT2D eigenvalue weighted by Gasteiger charge is -2.18. The summed E-state index contributed by atoms with van der Waals surface area (Å²) in [5.74, 6) is -3.36. The molecule has 2 N–H and O–H groups in total. The molecule has 4 aromatic rings. The Morgan fingerprint density at radius 2 is 1.83 bits per heavy atom. The number of rotatable bonds is 6. The van der Waals surface area contributed by atoms with Gasteiger partial charge in [-0.05, 0) is 55.1 Å². The molecule has 0 unspecified atom stereocenters. The zero-order chi connectivity index (χ0) is 21.3. The number of nitrogens with zero attached hydrogens (tertiary/aromatic N) is 3. The predicted octanol–water partition coefficient (Wildman–Crippen LogP) is 5.55. The van der Waals surface area contributed by atoms with Crippen molar-refractivity contribution in [2.45, 2.75) is 18.6 Å². The van der Waals surface area contributed by atoms with Crippen LogP contribution in [0.25, 0.3) is 10.9 Å². The molecule has 9 heteroatoms. The summed E-state index contributed by atoms with van der Waals surface area (Å²) in [6.45, 7) is 1.83. The zero-order valence-corrected chi connectivity index (χ0v) is 17.0. The Bertz CT molecular complexity index is 1190. The number of nitrogens with one attached hydrogen (secondary N) is 2. The number of H-pyrrole nitrogens is 1. The van der Waals surface area contributed by atoms with Crippen LogP contribution in [0.1, 0.15) is 22.6 Å². The maximum atomic E-state index is 15.2. The molecule has 2 aromatic carbocycles. The Hall–Kier alpha value is -3.07. The van der Waals surface area contributed by atoms with E-state index in [2.05, 4.69) is 25.5 Å². The topological polar surface area (TPSA) is 66.5 Å². The van der Waals surface area contributed by atoms with Crippen LogP contribution >= 0.6 is 11.8 Å². The van der Waals surface area contributed by atoms with E-state index in [9.17, 15) is 4.39 Å². The summed E-state index contributed by atoms with van der Waals surface area (Å²) in [7, 11) is 0. The molecule has 154 valence electrons. The summed E-state index contributed by atoms with van der Waals surface area (Å²) in [6, 6.07) is 11.3. The van der Waals surface area contributed by atoms with Crippen LogP contribution in [0.2, 0.25) is 0 Å². The Morgan fingerprint density at radius 1 is 1.07 bits per heavy atom. The second-order valence-corrected chi connectivity index (χ2v) is 7.69. The summed E-state index contributed by atoms with van der Waals surface area (Å²) >= 11 is 1.62. The maximum absolute atomic E-state index is 15.2. The molecule has 30 heavy (non-hydrogen) atoms. The number of fused-ring (bicyclic) bond motifs is 1. The largest absolute Gasteiger partial charge is 0.331 e. The van der Waals surface area contributed by atoms with Crippen molar-refractivity contribution >= 4 is 34.3 Å². The lowest BCUT2D eigenvalue weighted by molar-refractivity contribution is 0.0333. The van der Waals surface area contributed by atoms with Gasteiger partial charge in [0.05, 0.1) is 5.52 Å². The molecule has 0 amide bonds. The Kier molecular flexibility index (Phi) is 5.38. The highest BCUT2D eigenvalue weighted by Gasteiger charge is 2.38. The van der Waals surface area contributed by atoms with E-state index < -0.39 is 17.6 Å². The van der Waals surface area contributed by atoms with Crippen molar-refractivity contribution in [1.29, 1.82) is 0 Å². The first-order valence-electron chi connectivity index (χ1n) is 9.10. The molecular formula is C21H18F3N5S. The third kappa shape index (κ3) is 3.97. The lowest BCUT2D eigenvalue weighted by Crippen LogP contribution is -2.20. The number of aromatic nitrogens is 4. The zero-order valence-electron chi connectivity index (χ0n) is 16.2.